The molecule has 2 rings (SSSR count). The van der Waals surface area contributed by atoms with Crippen LogP contribution < -0.4 is 4.72 Å². The molecule has 1 atom stereocenters. The number of amides is 1. The van der Waals surface area contributed by atoms with E-state index in [1.165, 1.54) is 55.3 Å². The van der Waals surface area contributed by atoms with Gasteiger partial charge < -0.3 is 9.64 Å². The lowest BCUT2D eigenvalue weighted by Crippen LogP contribution is -2.37. The van der Waals surface area contributed by atoms with E-state index in [0.29, 0.717) is 5.56 Å². The Hall–Kier alpha value is -3.22. The number of nitrogens with one attached hydrogen (secondary N) is 1. The lowest BCUT2D eigenvalue weighted by molar-refractivity contribution is -0.139. The molecule has 1 N–H and O–H groups in total. The molecule has 0 aromatic heterocycles. The first-order chi connectivity index (χ1) is 14.1. The second-order valence-corrected chi connectivity index (χ2v) is 8.20. The quantitative estimate of drug-likeness (QED) is 0.508. The topological polar surface area (TPSA) is 92.8 Å². The van der Waals surface area contributed by atoms with Gasteiger partial charge in [0, 0.05) is 13.6 Å². The smallest absolute Gasteiger partial charge is 0.338 e. The van der Waals surface area contributed by atoms with Gasteiger partial charge in [-0.1, -0.05) is 24.1 Å². The molecule has 0 radical (unpaired) electrons. The number of nitrogens with zero attached hydrogens (tertiary/aromatic N) is 1. The Balaban J connectivity index is 2.05. The van der Waals surface area contributed by atoms with Crippen LogP contribution in [-0.2, 0) is 26.1 Å². The van der Waals surface area contributed by atoms with Gasteiger partial charge in [-0.25, -0.2) is 17.6 Å². The normalized spacial score (nSPS) is 11.9. The molecular weight excluding hydrogens is 411 g/mol. The summed E-state index contributed by atoms with van der Waals surface area (Å²) in [5.74, 6) is 0.388. The molecule has 0 saturated heterocycles. The summed E-state index contributed by atoms with van der Waals surface area (Å²) in [6.45, 7) is 1.34. The summed E-state index contributed by atoms with van der Waals surface area (Å²) in [5, 5.41) is 0. The number of ether oxygens (including phenoxy) is 1. The van der Waals surface area contributed by atoms with Crippen LogP contribution >= 0.6 is 0 Å². The van der Waals surface area contributed by atoms with Gasteiger partial charge in [-0.2, -0.15) is 4.72 Å². The van der Waals surface area contributed by atoms with Crippen LogP contribution in [0.3, 0.4) is 0 Å². The zero-order valence-corrected chi connectivity index (χ0v) is 17.3. The van der Waals surface area contributed by atoms with Crippen molar-refractivity contribution in [1.82, 2.24) is 9.62 Å². The summed E-state index contributed by atoms with van der Waals surface area (Å²) >= 11 is 0. The average molecular weight is 432 g/mol. The molecule has 9 heteroatoms. The molecule has 0 aliphatic heterocycles. The summed E-state index contributed by atoms with van der Waals surface area (Å²) in [5.41, 5.74) is 0.549. The van der Waals surface area contributed by atoms with Gasteiger partial charge >= 0.3 is 5.97 Å². The first-order valence-electron chi connectivity index (χ1n) is 8.87. The van der Waals surface area contributed by atoms with Gasteiger partial charge in [-0.05, 0) is 42.8 Å². The molecule has 1 amide bonds. The van der Waals surface area contributed by atoms with Crippen molar-refractivity contribution in [3.05, 3.63) is 65.5 Å². The fourth-order valence-electron chi connectivity index (χ4n) is 2.59. The number of carbonyl (C=O) groups is 2. The number of rotatable bonds is 8. The van der Waals surface area contributed by atoms with Crippen molar-refractivity contribution in [2.24, 2.45) is 0 Å². The summed E-state index contributed by atoms with van der Waals surface area (Å²) in [6, 6.07) is 11.0. The van der Waals surface area contributed by atoms with E-state index in [1.54, 1.807) is 6.07 Å². The number of benzene rings is 2. The summed E-state index contributed by atoms with van der Waals surface area (Å²) in [4.78, 5) is 26.0. The fourth-order valence-corrected chi connectivity index (χ4v) is 3.57. The lowest BCUT2D eigenvalue weighted by atomic mass is 10.2. The van der Waals surface area contributed by atoms with Crippen LogP contribution in [0.1, 0.15) is 22.8 Å². The molecule has 2 aromatic rings. The third-order valence-electron chi connectivity index (χ3n) is 4.06. The first kappa shape index (κ1) is 23.1. The number of terminal acetylenes is 1. The molecule has 0 bridgehead atoms. The first-order valence-corrected chi connectivity index (χ1v) is 10.4. The molecule has 0 heterocycles. The van der Waals surface area contributed by atoms with Gasteiger partial charge in [0.1, 0.15) is 5.82 Å². The summed E-state index contributed by atoms with van der Waals surface area (Å²) < 4.78 is 44.9. The van der Waals surface area contributed by atoms with E-state index in [9.17, 15) is 22.4 Å². The maximum atomic E-state index is 13.3. The second-order valence-electron chi connectivity index (χ2n) is 6.43. The molecule has 30 heavy (non-hydrogen) atoms. The van der Waals surface area contributed by atoms with E-state index in [1.807, 2.05) is 0 Å². The van der Waals surface area contributed by atoms with E-state index in [0.717, 1.165) is 6.07 Å². The fraction of sp³-hybridized carbons (Fsp3) is 0.238. The van der Waals surface area contributed by atoms with Crippen LogP contribution in [-0.4, -0.2) is 44.9 Å². The van der Waals surface area contributed by atoms with Gasteiger partial charge in [-0.15, -0.1) is 6.42 Å². The summed E-state index contributed by atoms with van der Waals surface area (Å²) in [6.07, 6.45) is 3.92. The summed E-state index contributed by atoms with van der Waals surface area (Å²) in [7, 11) is -2.38. The molecule has 0 fully saturated rings. The van der Waals surface area contributed by atoms with E-state index in [2.05, 4.69) is 10.6 Å². The Labute approximate surface area is 174 Å². The molecule has 0 saturated carbocycles. The average Bonchev–Trinajstić information content (AvgIpc) is 2.71. The van der Waals surface area contributed by atoms with Crippen molar-refractivity contribution in [3.8, 4) is 12.3 Å². The Bertz CT molecular complexity index is 1080. The van der Waals surface area contributed by atoms with E-state index >= 15 is 0 Å². The molecule has 158 valence electrons. The Morgan fingerprint density at radius 1 is 1.23 bits per heavy atom. The maximum absolute atomic E-state index is 13.3. The molecular formula is C21H21FN2O5S. The van der Waals surface area contributed by atoms with Crippen LogP contribution in [0.25, 0.3) is 0 Å². The van der Waals surface area contributed by atoms with Crippen LogP contribution in [0.5, 0.6) is 0 Å². The molecule has 1 unspecified atom stereocenters. The Morgan fingerprint density at radius 3 is 2.60 bits per heavy atom. The molecule has 2 aromatic carbocycles. The number of sulfonamides is 1. The zero-order valence-electron chi connectivity index (χ0n) is 16.5. The van der Waals surface area contributed by atoms with E-state index < -0.39 is 33.8 Å². The largest absolute Gasteiger partial charge is 0.449 e. The Morgan fingerprint density at radius 2 is 1.93 bits per heavy atom. The molecule has 0 aliphatic rings. The number of halogens is 1. The highest BCUT2D eigenvalue weighted by Gasteiger charge is 2.23. The predicted octanol–water partition coefficient (Wildman–Crippen LogP) is 1.94. The standard InChI is InChI=1S/C21H21FN2O5S/c1-4-11-23-30(27,28)19-10-6-8-17(13-19)21(26)29-15(2)20(25)24(3)14-16-7-5-9-18(22)12-16/h1,5-10,12-13,15,23H,11,14H2,2-3H3. The van der Waals surface area contributed by atoms with Gasteiger partial charge in [0.25, 0.3) is 5.91 Å². The third-order valence-corrected chi connectivity index (χ3v) is 5.46. The molecule has 7 nitrogen and oxygen atoms in total. The minimum Gasteiger partial charge on any atom is -0.449 e. The highest BCUT2D eigenvalue weighted by atomic mass is 32.2. The van der Waals surface area contributed by atoms with Crippen molar-refractivity contribution in [1.29, 1.82) is 0 Å². The number of hydrogen-bond acceptors (Lipinski definition) is 5. The minimum atomic E-state index is -3.88. The minimum absolute atomic E-state index is 0.0361. The predicted molar refractivity (Wildman–Crippen MR) is 108 cm³/mol. The van der Waals surface area contributed by atoms with Crippen LogP contribution in [0.2, 0.25) is 0 Å². The van der Waals surface area contributed by atoms with Crippen molar-refractivity contribution in [2.45, 2.75) is 24.5 Å². The highest BCUT2D eigenvalue weighted by Crippen LogP contribution is 2.14. The number of carbonyl (C=O) groups excluding carboxylic acids is 2. The number of esters is 1. The highest BCUT2D eigenvalue weighted by molar-refractivity contribution is 7.89. The van der Waals surface area contributed by atoms with Gasteiger partial charge in [0.2, 0.25) is 10.0 Å². The van der Waals surface area contributed by atoms with Crippen molar-refractivity contribution >= 4 is 21.9 Å². The van der Waals surface area contributed by atoms with Crippen molar-refractivity contribution in [2.75, 3.05) is 13.6 Å². The zero-order chi connectivity index (χ0) is 22.3. The van der Waals surface area contributed by atoms with Gasteiger partial charge in [0.05, 0.1) is 17.0 Å². The van der Waals surface area contributed by atoms with Crippen LogP contribution in [0.4, 0.5) is 4.39 Å². The third kappa shape index (κ3) is 6.14. The number of likely N-dealkylation sites (N-methyl/N-ethyl adjacent to an activating group) is 1. The SMILES string of the molecule is C#CCNS(=O)(=O)c1cccc(C(=O)OC(C)C(=O)N(C)Cc2cccc(F)c2)c1. The van der Waals surface area contributed by atoms with E-state index in [4.69, 9.17) is 11.2 Å². The molecule has 0 aliphatic carbocycles. The van der Waals surface area contributed by atoms with Gasteiger partial charge in [-0.3, -0.25) is 4.79 Å². The maximum Gasteiger partial charge on any atom is 0.338 e. The van der Waals surface area contributed by atoms with Crippen molar-refractivity contribution in [3.63, 3.8) is 0 Å². The van der Waals surface area contributed by atoms with Gasteiger partial charge in [0.15, 0.2) is 6.10 Å². The van der Waals surface area contributed by atoms with E-state index in [-0.39, 0.29) is 23.5 Å². The monoisotopic (exact) mass is 432 g/mol. The molecule has 0 spiro atoms. The van der Waals surface area contributed by atoms with Crippen LogP contribution in [0, 0.1) is 18.2 Å². The lowest BCUT2D eigenvalue weighted by Gasteiger charge is -2.21. The van der Waals surface area contributed by atoms with Crippen molar-refractivity contribution < 1.29 is 27.1 Å². The Kier molecular flexibility index (Phi) is 7.69. The van der Waals surface area contributed by atoms with Crippen LogP contribution in [0.15, 0.2) is 53.4 Å². The number of hydrogen-bond donors (Lipinski definition) is 1. The second kappa shape index (κ2) is 10.0.